The number of hydrogen-bond acceptors (Lipinski definition) is 4. The van der Waals surface area contributed by atoms with Crippen LogP contribution in [0.4, 0.5) is 0 Å². The highest BCUT2D eigenvalue weighted by atomic mass is 127. The van der Waals surface area contributed by atoms with Gasteiger partial charge in [-0.15, -0.1) is 24.0 Å². The third kappa shape index (κ3) is 7.78. The molecular weight excluding hydrogens is 505 g/mol. The molecule has 0 aliphatic carbocycles. The Morgan fingerprint density at radius 3 is 2.55 bits per heavy atom. The van der Waals surface area contributed by atoms with E-state index < -0.39 is 0 Å². The number of guanidine groups is 1. The van der Waals surface area contributed by atoms with Crippen LogP contribution >= 0.6 is 24.0 Å². The Balaban J connectivity index is 0.00000341. The largest absolute Gasteiger partial charge is 0.490 e. The fourth-order valence-electron chi connectivity index (χ4n) is 2.84. The van der Waals surface area contributed by atoms with Gasteiger partial charge in [-0.2, -0.15) is 0 Å². The van der Waals surface area contributed by atoms with Gasteiger partial charge in [-0.3, -0.25) is 4.99 Å². The van der Waals surface area contributed by atoms with Crippen LogP contribution in [0.5, 0.6) is 17.4 Å². The lowest BCUT2D eigenvalue weighted by atomic mass is 10.2. The van der Waals surface area contributed by atoms with Gasteiger partial charge in [0, 0.05) is 50.8 Å². The first-order valence-electron chi connectivity index (χ1n) is 10.2. The van der Waals surface area contributed by atoms with E-state index in [1.54, 1.807) is 13.2 Å². The van der Waals surface area contributed by atoms with Crippen LogP contribution in [0.25, 0.3) is 0 Å². The van der Waals surface area contributed by atoms with Crippen LogP contribution in [0.2, 0.25) is 0 Å². The topological polar surface area (TPSA) is 72.7 Å². The van der Waals surface area contributed by atoms with E-state index in [9.17, 15) is 0 Å². The number of nitrogens with one attached hydrogen (secondary N) is 2. The highest BCUT2D eigenvalue weighted by molar-refractivity contribution is 14.0. The average molecular weight is 535 g/mol. The van der Waals surface area contributed by atoms with Crippen molar-refractivity contribution >= 4 is 29.9 Å². The zero-order valence-electron chi connectivity index (χ0n) is 18.0. The molecule has 0 aliphatic heterocycles. The Labute approximate surface area is 200 Å². The molecular formula is C23H30IN5O2. The summed E-state index contributed by atoms with van der Waals surface area (Å²) in [5.41, 5.74) is 0.927. The number of pyridine rings is 1. The molecule has 2 aromatic heterocycles. The minimum absolute atomic E-state index is 0. The van der Waals surface area contributed by atoms with Crippen molar-refractivity contribution in [2.24, 2.45) is 4.99 Å². The number of nitrogens with zero attached hydrogens (tertiary/aromatic N) is 3. The van der Waals surface area contributed by atoms with Crippen molar-refractivity contribution < 1.29 is 9.47 Å². The van der Waals surface area contributed by atoms with Crippen molar-refractivity contribution in [3.05, 3.63) is 72.7 Å². The first kappa shape index (κ1) is 24.5. The molecule has 0 fully saturated rings. The van der Waals surface area contributed by atoms with Gasteiger partial charge in [0.2, 0.25) is 5.88 Å². The summed E-state index contributed by atoms with van der Waals surface area (Å²) in [5, 5.41) is 6.64. The van der Waals surface area contributed by atoms with E-state index in [-0.39, 0.29) is 24.0 Å². The predicted molar refractivity (Wildman–Crippen MR) is 135 cm³/mol. The smallest absolute Gasteiger partial charge is 0.224 e. The maximum atomic E-state index is 6.09. The second kappa shape index (κ2) is 13.5. The van der Waals surface area contributed by atoms with Crippen molar-refractivity contribution in [2.45, 2.75) is 26.4 Å². The quantitative estimate of drug-likeness (QED) is 0.228. The summed E-state index contributed by atoms with van der Waals surface area (Å²) in [5.74, 6) is 2.63. The summed E-state index contributed by atoms with van der Waals surface area (Å²) in [6.45, 7) is 4.88. The second-order valence-electron chi connectivity index (χ2n) is 6.64. The van der Waals surface area contributed by atoms with E-state index >= 15 is 0 Å². The van der Waals surface area contributed by atoms with Gasteiger partial charge < -0.3 is 24.7 Å². The van der Waals surface area contributed by atoms with Crippen LogP contribution < -0.4 is 20.1 Å². The van der Waals surface area contributed by atoms with E-state index in [1.165, 1.54) is 0 Å². The van der Waals surface area contributed by atoms with Crippen LogP contribution in [-0.2, 0) is 13.1 Å². The van der Waals surface area contributed by atoms with Gasteiger partial charge in [-0.25, -0.2) is 4.98 Å². The molecule has 3 aromatic rings. The van der Waals surface area contributed by atoms with E-state index in [0.29, 0.717) is 30.5 Å². The van der Waals surface area contributed by atoms with Gasteiger partial charge in [0.15, 0.2) is 17.5 Å². The highest BCUT2D eigenvalue weighted by Gasteiger charge is 2.11. The number of halogens is 1. The lowest BCUT2D eigenvalue weighted by Gasteiger charge is -2.15. The zero-order valence-corrected chi connectivity index (χ0v) is 20.3. The number of hydrogen-bond donors (Lipinski definition) is 2. The van der Waals surface area contributed by atoms with E-state index in [4.69, 9.17) is 9.47 Å². The monoisotopic (exact) mass is 535 g/mol. The summed E-state index contributed by atoms with van der Waals surface area (Å²) in [6.07, 6.45) is 6.74. The summed E-state index contributed by atoms with van der Waals surface area (Å²) in [7, 11) is 1.76. The Morgan fingerprint density at radius 1 is 1.03 bits per heavy atom. The molecule has 1 aromatic carbocycles. The maximum absolute atomic E-state index is 6.09. The standard InChI is InChI=1S/C23H29N5O2.HI/c1-3-17-29-20-10-4-5-11-21(20)30-22-19(9-8-12-25-22)18-27-23(24-2)26-13-16-28-14-6-7-15-28;/h4-12,14-15H,3,13,16-18H2,1-2H3,(H2,24,26,27);1H. The van der Waals surface area contributed by atoms with Gasteiger partial charge in [0.05, 0.1) is 6.61 Å². The number of aliphatic imine (C=N–C) groups is 1. The summed E-state index contributed by atoms with van der Waals surface area (Å²) >= 11 is 0. The van der Waals surface area contributed by atoms with Crippen LogP contribution in [0.1, 0.15) is 18.9 Å². The molecule has 8 heteroatoms. The summed E-state index contributed by atoms with van der Waals surface area (Å²) < 4.78 is 14.0. The summed E-state index contributed by atoms with van der Waals surface area (Å²) in [4.78, 5) is 8.70. The Bertz CT molecular complexity index is 931. The van der Waals surface area contributed by atoms with Crippen LogP contribution in [-0.4, -0.2) is 35.7 Å². The lowest BCUT2D eigenvalue weighted by molar-refractivity contribution is 0.300. The highest BCUT2D eigenvalue weighted by Crippen LogP contribution is 2.31. The van der Waals surface area contributed by atoms with Gasteiger partial charge in [-0.1, -0.05) is 25.1 Å². The summed E-state index contributed by atoms with van der Waals surface area (Å²) in [6, 6.07) is 15.6. The minimum Gasteiger partial charge on any atom is -0.490 e. The number of benzene rings is 1. The van der Waals surface area contributed by atoms with Crippen LogP contribution in [0, 0.1) is 0 Å². The molecule has 0 radical (unpaired) electrons. The van der Waals surface area contributed by atoms with Crippen LogP contribution in [0.3, 0.4) is 0 Å². The molecule has 0 aliphatic rings. The second-order valence-corrected chi connectivity index (χ2v) is 6.64. The molecule has 166 valence electrons. The fourth-order valence-corrected chi connectivity index (χ4v) is 2.84. The first-order chi connectivity index (χ1) is 14.8. The van der Waals surface area contributed by atoms with E-state index in [0.717, 1.165) is 31.0 Å². The number of ether oxygens (including phenoxy) is 2. The van der Waals surface area contributed by atoms with Crippen molar-refractivity contribution in [3.63, 3.8) is 0 Å². The van der Waals surface area contributed by atoms with Crippen molar-refractivity contribution in [2.75, 3.05) is 20.2 Å². The van der Waals surface area contributed by atoms with Gasteiger partial charge in [0.1, 0.15) is 0 Å². The molecule has 0 amide bonds. The molecule has 0 unspecified atom stereocenters. The predicted octanol–water partition coefficient (Wildman–Crippen LogP) is 4.45. The Morgan fingerprint density at radius 2 is 1.81 bits per heavy atom. The van der Waals surface area contributed by atoms with Crippen molar-refractivity contribution in [1.82, 2.24) is 20.2 Å². The molecule has 0 atom stereocenters. The number of para-hydroxylation sites is 2. The molecule has 0 spiro atoms. The SMILES string of the molecule is CCCOc1ccccc1Oc1ncccc1CNC(=NC)NCCn1cccc1.I. The molecule has 7 nitrogen and oxygen atoms in total. The number of aromatic nitrogens is 2. The first-order valence-corrected chi connectivity index (χ1v) is 10.2. The average Bonchev–Trinajstić information content (AvgIpc) is 3.30. The fraction of sp³-hybridized carbons (Fsp3) is 0.304. The van der Waals surface area contributed by atoms with Crippen molar-refractivity contribution in [1.29, 1.82) is 0 Å². The third-order valence-electron chi connectivity index (χ3n) is 4.37. The molecule has 2 heterocycles. The molecule has 2 N–H and O–H groups in total. The zero-order chi connectivity index (χ0) is 21.0. The molecule has 0 saturated carbocycles. The van der Waals surface area contributed by atoms with E-state index in [1.807, 2.05) is 60.9 Å². The molecule has 0 saturated heterocycles. The Kier molecular flexibility index (Phi) is 10.7. The van der Waals surface area contributed by atoms with Gasteiger partial charge in [-0.05, 0) is 36.8 Å². The third-order valence-corrected chi connectivity index (χ3v) is 4.37. The molecule has 0 bridgehead atoms. The molecule has 31 heavy (non-hydrogen) atoms. The van der Waals surface area contributed by atoms with Crippen molar-refractivity contribution in [3.8, 4) is 17.4 Å². The maximum Gasteiger partial charge on any atom is 0.224 e. The number of rotatable bonds is 10. The van der Waals surface area contributed by atoms with Crippen LogP contribution in [0.15, 0.2) is 72.1 Å². The van der Waals surface area contributed by atoms with E-state index in [2.05, 4.69) is 32.1 Å². The Hall–Kier alpha value is -2.75. The normalized spacial score (nSPS) is 10.8. The van der Waals surface area contributed by atoms with Gasteiger partial charge >= 0.3 is 0 Å². The lowest BCUT2D eigenvalue weighted by Crippen LogP contribution is -2.38. The van der Waals surface area contributed by atoms with Gasteiger partial charge in [0.25, 0.3) is 0 Å². The minimum atomic E-state index is 0. The molecule has 3 rings (SSSR count).